The quantitative estimate of drug-likeness (QED) is 0.507. The molecule has 2 aromatic heterocycles. The number of likely N-dealkylation sites (N-methyl/N-ethyl adjacent to an activating group) is 1. The maximum absolute atomic E-state index is 14.0. The van der Waals surface area contributed by atoms with Crippen LogP contribution in [0.15, 0.2) is 18.5 Å². The summed E-state index contributed by atoms with van der Waals surface area (Å²) in [6.07, 6.45) is 11.1. The number of aromatic nitrogens is 2. The lowest BCUT2D eigenvalue weighted by Gasteiger charge is -2.35. The number of rotatable bonds is 9. The minimum atomic E-state index is -0.259. The van der Waals surface area contributed by atoms with Gasteiger partial charge in [0, 0.05) is 54.8 Å². The highest BCUT2D eigenvalue weighted by Gasteiger charge is 2.39. The number of nitrogens with one attached hydrogen (secondary N) is 1. The topological polar surface area (TPSA) is 84.3 Å². The molecular formula is C27H37ClN4O3. The second kappa shape index (κ2) is 11.2. The minimum absolute atomic E-state index is 0.0123. The summed E-state index contributed by atoms with van der Waals surface area (Å²) in [6, 6.07) is 1.54. The Morgan fingerprint density at radius 2 is 1.91 bits per heavy atom. The Bertz CT molecular complexity index is 1090. The van der Waals surface area contributed by atoms with E-state index in [-0.39, 0.29) is 41.4 Å². The number of carbonyl (C=O) groups is 3. The summed E-state index contributed by atoms with van der Waals surface area (Å²) >= 11 is 6.15. The van der Waals surface area contributed by atoms with Crippen LogP contribution in [0, 0.1) is 11.8 Å². The van der Waals surface area contributed by atoms with E-state index in [4.69, 9.17) is 11.6 Å². The molecule has 0 spiro atoms. The molecule has 3 heterocycles. The lowest BCUT2D eigenvalue weighted by atomic mass is 9.76. The summed E-state index contributed by atoms with van der Waals surface area (Å²) in [5, 5.41) is 4.27. The number of fused-ring (bicyclic) bond motifs is 1. The highest BCUT2D eigenvalue weighted by molar-refractivity contribution is 6.31. The molecule has 8 heteroatoms. The first-order chi connectivity index (χ1) is 16.8. The van der Waals surface area contributed by atoms with Gasteiger partial charge in [-0.2, -0.15) is 0 Å². The first kappa shape index (κ1) is 25.8. The first-order valence-electron chi connectivity index (χ1n) is 13.0. The van der Waals surface area contributed by atoms with E-state index in [2.05, 4.69) is 10.3 Å². The zero-order chi connectivity index (χ0) is 25.1. The van der Waals surface area contributed by atoms with Crippen molar-refractivity contribution in [3.8, 4) is 0 Å². The fourth-order valence-corrected chi connectivity index (χ4v) is 6.03. The van der Waals surface area contributed by atoms with Gasteiger partial charge in [-0.25, -0.2) is 4.98 Å². The van der Waals surface area contributed by atoms with Gasteiger partial charge >= 0.3 is 0 Å². The molecule has 4 rings (SSSR count). The van der Waals surface area contributed by atoms with Gasteiger partial charge in [0.15, 0.2) is 5.78 Å². The number of Topliss-reactive ketones (excluding diaryl/α,β-unsaturated/α-hetero) is 2. The van der Waals surface area contributed by atoms with E-state index in [1.807, 2.05) is 22.6 Å². The summed E-state index contributed by atoms with van der Waals surface area (Å²) in [4.78, 5) is 45.6. The molecule has 3 atom stereocenters. The molecule has 7 nitrogen and oxygen atoms in total. The number of nitrogens with zero attached hydrogens (tertiary/aromatic N) is 3. The monoisotopic (exact) mass is 500 g/mol. The predicted octanol–water partition coefficient (Wildman–Crippen LogP) is 4.65. The lowest BCUT2D eigenvalue weighted by Crippen LogP contribution is -2.45. The Morgan fingerprint density at radius 1 is 1.17 bits per heavy atom. The molecule has 0 bridgehead atoms. The third-order valence-corrected chi connectivity index (χ3v) is 8.21. The lowest BCUT2D eigenvalue weighted by molar-refractivity contribution is -0.141. The van der Waals surface area contributed by atoms with E-state index in [9.17, 15) is 14.4 Å². The van der Waals surface area contributed by atoms with Gasteiger partial charge in [-0.1, -0.05) is 30.9 Å². The van der Waals surface area contributed by atoms with Crippen LogP contribution in [0.25, 0.3) is 11.0 Å². The molecular weight excluding hydrogens is 464 g/mol. The highest BCUT2D eigenvalue weighted by atomic mass is 35.5. The van der Waals surface area contributed by atoms with E-state index < -0.39 is 0 Å². The van der Waals surface area contributed by atoms with Gasteiger partial charge in [-0.05, 0) is 58.6 Å². The van der Waals surface area contributed by atoms with E-state index in [1.54, 1.807) is 26.2 Å². The standard InChI is InChI=1S/C27H37ClN4O3/c1-17(29-3)25(34)13-22(19-8-5-4-6-9-19)27(35)32-11-7-10-21(32)15-31-16-24(18(2)33)23-12-20(28)14-30-26(23)31/h12,14,16-17,19,21-22,29H,4-11,13,15H2,1-3H3/t17-,21-,22-/m0/s1. The third kappa shape index (κ3) is 5.61. The zero-order valence-corrected chi connectivity index (χ0v) is 21.8. The Kier molecular flexibility index (Phi) is 8.27. The number of likely N-dealkylation sites (tertiary alicyclic amines) is 1. The van der Waals surface area contributed by atoms with Crippen molar-refractivity contribution in [1.29, 1.82) is 0 Å². The molecule has 1 saturated heterocycles. The van der Waals surface area contributed by atoms with Crippen LogP contribution in [-0.4, -0.2) is 57.6 Å². The molecule has 1 aliphatic carbocycles. The Labute approximate surface area is 212 Å². The Hall–Kier alpha value is -2.25. The summed E-state index contributed by atoms with van der Waals surface area (Å²) in [6.45, 7) is 4.69. The Balaban J connectivity index is 1.58. The normalized spacial score (nSPS) is 20.8. The van der Waals surface area contributed by atoms with Crippen LogP contribution in [0.5, 0.6) is 0 Å². The summed E-state index contributed by atoms with van der Waals surface area (Å²) in [5.74, 6) is 0.203. The fraction of sp³-hybridized carbons (Fsp3) is 0.630. The van der Waals surface area contributed by atoms with E-state index >= 15 is 0 Å². The number of ketones is 2. The number of carbonyl (C=O) groups excluding carboxylic acids is 3. The largest absolute Gasteiger partial charge is 0.338 e. The summed E-state index contributed by atoms with van der Waals surface area (Å²) < 4.78 is 1.99. The fourth-order valence-electron chi connectivity index (χ4n) is 5.87. The second-order valence-electron chi connectivity index (χ2n) is 10.3. The van der Waals surface area contributed by atoms with Crippen molar-refractivity contribution in [1.82, 2.24) is 19.8 Å². The molecule has 190 valence electrons. The molecule has 1 amide bonds. The summed E-state index contributed by atoms with van der Waals surface area (Å²) in [5.41, 5.74) is 1.30. The predicted molar refractivity (Wildman–Crippen MR) is 138 cm³/mol. The molecule has 2 aromatic rings. The van der Waals surface area contributed by atoms with Crippen molar-refractivity contribution in [2.45, 2.75) is 83.8 Å². The first-order valence-corrected chi connectivity index (χ1v) is 13.3. The summed E-state index contributed by atoms with van der Waals surface area (Å²) in [7, 11) is 1.79. The maximum Gasteiger partial charge on any atom is 0.226 e. The van der Waals surface area contributed by atoms with Crippen LogP contribution in [0.2, 0.25) is 5.02 Å². The second-order valence-corrected chi connectivity index (χ2v) is 10.7. The van der Waals surface area contributed by atoms with Crippen molar-refractivity contribution in [2.24, 2.45) is 11.8 Å². The van der Waals surface area contributed by atoms with Gasteiger partial charge < -0.3 is 14.8 Å². The smallest absolute Gasteiger partial charge is 0.226 e. The molecule has 2 aliphatic rings. The molecule has 1 N–H and O–H groups in total. The van der Waals surface area contributed by atoms with Crippen molar-refractivity contribution in [2.75, 3.05) is 13.6 Å². The van der Waals surface area contributed by atoms with Crippen LogP contribution in [0.1, 0.15) is 75.6 Å². The molecule has 1 saturated carbocycles. The van der Waals surface area contributed by atoms with Crippen molar-refractivity contribution in [3.63, 3.8) is 0 Å². The number of amides is 1. The zero-order valence-electron chi connectivity index (χ0n) is 21.1. The van der Waals surface area contributed by atoms with Gasteiger partial charge in [0.05, 0.1) is 11.1 Å². The average molecular weight is 501 g/mol. The molecule has 1 aliphatic heterocycles. The van der Waals surface area contributed by atoms with Crippen molar-refractivity contribution < 1.29 is 14.4 Å². The van der Waals surface area contributed by atoms with Crippen LogP contribution < -0.4 is 5.32 Å². The van der Waals surface area contributed by atoms with Crippen molar-refractivity contribution in [3.05, 3.63) is 29.0 Å². The van der Waals surface area contributed by atoms with Gasteiger partial charge in [0.1, 0.15) is 11.4 Å². The van der Waals surface area contributed by atoms with Gasteiger partial charge in [0.25, 0.3) is 0 Å². The van der Waals surface area contributed by atoms with Crippen LogP contribution in [-0.2, 0) is 16.1 Å². The number of halogens is 1. The van der Waals surface area contributed by atoms with Crippen molar-refractivity contribution >= 4 is 40.1 Å². The Morgan fingerprint density at radius 3 is 2.60 bits per heavy atom. The highest BCUT2D eigenvalue weighted by Crippen LogP contribution is 2.35. The van der Waals surface area contributed by atoms with Gasteiger partial charge in [-0.3, -0.25) is 14.4 Å². The third-order valence-electron chi connectivity index (χ3n) is 8.00. The molecule has 2 fully saturated rings. The molecule has 0 radical (unpaired) electrons. The molecule has 0 aromatic carbocycles. The number of pyridine rings is 1. The average Bonchev–Trinajstić information content (AvgIpc) is 3.46. The SMILES string of the molecule is CN[C@@H](C)C(=O)C[C@H](C(=O)N1CCC[C@H]1Cn1cc(C(C)=O)c2cc(Cl)cnc21)C1CCCCC1. The van der Waals surface area contributed by atoms with E-state index in [0.717, 1.165) is 43.9 Å². The van der Waals surface area contributed by atoms with Crippen LogP contribution >= 0.6 is 11.6 Å². The van der Waals surface area contributed by atoms with Crippen LogP contribution in [0.3, 0.4) is 0 Å². The molecule has 35 heavy (non-hydrogen) atoms. The van der Waals surface area contributed by atoms with Gasteiger partial charge in [-0.15, -0.1) is 0 Å². The van der Waals surface area contributed by atoms with Gasteiger partial charge in [0.2, 0.25) is 5.91 Å². The van der Waals surface area contributed by atoms with E-state index in [0.29, 0.717) is 35.7 Å². The maximum atomic E-state index is 14.0. The number of hydrogen-bond acceptors (Lipinski definition) is 5. The van der Waals surface area contributed by atoms with E-state index in [1.165, 1.54) is 6.42 Å². The molecule has 0 unspecified atom stereocenters. The number of hydrogen-bond donors (Lipinski definition) is 1. The van der Waals surface area contributed by atoms with Crippen LogP contribution in [0.4, 0.5) is 0 Å². The minimum Gasteiger partial charge on any atom is -0.338 e.